The van der Waals surface area contributed by atoms with Crippen LogP contribution in [0, 0.1) is 0 Å². The molecule has 0 atom stereocenters. The molecular weight excluding hydrogens is 332 g/mol. The molecule has 1 aliphatic rings. The second-order valence-electron chi connectivity index (χ2n) is 6.58. The Morgan fingerprint density at radius 3 is 3.00 bits per heavy atom. The van der Waals surface area contributed by atoms with E-state index >= 15 is 0 Å². The molecule has 4 aromatic heterocycles. The van der Waals surface area contributed by atoms with Gasteiger partial charge in [-0.05, 0) is 25.0 Å². The molecule has 0 saturated heterocycles. The Bertz CT molecular complexity index is 1090. The van der Waals surface area contributed by atoms with Gasteiger partial charge in [-0.3, -0.25) is 0 Å². The van der Waals surface area contributed by atoms with Crippen LogP contribution in [0.2, 0.25) is 0 Å². The average molecular weight is 350 g/mol. The Morgan fingerprint density at radius 2 is 2.15 bits per heavy atom. The minimum Gasteiger partial charge on any atom is -0.381 e. The van der Waals surface area contributed by atoms with Crippen molar-refractivity contribution in [2.75, 3.05) is 12.4 Å². The maximum absolute atomic E-state index is 5.31. The van der Waals surface area contributed by atoms with Gasteiger partial charge >= 0.3 is 0 Å². The van der Waals surface area contributed by atoms with Crippen molar-refractivity contribution in [2.45, 2.75) is 25.0 Å². The molecule has 1 saturated carbocycles. The molecule has 0 spiro atoms. The van der Waals surface area contributed by atoms with Crippen molar-refractivity contribution in [3.05, 3.63) is 24.5 Å². The molecule has 5 rings (SSSR count). The molecule has 2 N–H and O–H groups in total. The summed E-state index contributed by atoms with van der Waals surface area (Å²) in [5.74, 6) is 0.629. The summed E-state index contributed by atoms with van der Waals surface area (Å²) in [4.78, 5) is 16.9. The summed E-state index contributed by atoms with van der Waals surface area (Å²) < 4.78 is 6.97. The standard InChI is InChI=1S/C17H18N8O/c1-25-16-14(23-24-25)4-3-13(21-16)11-7-18-15-12(11)8-19-17(22-15)20-9-5-10(6-9)26-2/h3-4,7-10H,5-6H2,1-2H3,(H2,18,19,20,22). The fraction of sp³-hybridized carbons (Fsp3) is 0.353. The van der Waals surface area contributed by atoms with E-state index in [9.17, 15) is 0 Å². The fourth-order valence-corrected chi connectivity index (χ4v) is 3.31. The SMILES string of the molecule is COC1CC(Nc2ncc3c(-c4ccc5nnn(C)c5n4)c[nH]c3n2)C1. The number of aryl methyl sites for hydroxylation is 1. The van der Waals surface area contributed by atoms with E-state index in [-0.39, 0.29) is 0 Å². The zero-order valence-corrected chi connectivity index (χ0v) is 14.5. The van der Waals surface area contributed by atoms with Gasteiger partial charge in [-0.25, -0.2) is 14.6 Å². The predicted octanol–water partition coefficient (Wildman–Crippen LogP) is 1.89. The molecular formula is C17H18N8O. The Kier molecular flexibility index (Phi) is 3.35. The summed E-state index contributed by atoms with van der Waals surface area (Å²) in [6, 6.07) is 4.22. The van der Waals surface area contributed by atoms with Crippen LogP contribution in [-0.2, 0) is 11.8 Å². The van der Waals surface area contributed by atoms with Crippen LogP contribution in [0.1, 0.15) is 12.8 Å². The summed E-state index contributed by atoms with van der Waals surface area (Å²) in [7, 11) is 3.58. The lowest BCUT2D eigenvalue weighted by molar-refractivity contribution is 0.0327. The normalized spacial score (nSPS) is 19.8. The van der Waals surface area contributed by atoms with E-state index in [0.717, 1.165) is 46.3 Å². The maximum atomic E-state index is 5.31. The molecule has 0 amide bonds. The van der Waals surface area contributed by atoms with Gasteiger partial charge in [-0.2, -0.15) is 4.98 Å². The van der Waals surface area contributed by atoms with E-state index in [0.29, 0.717) is 18.1 Å². The first-order valence-corrected chi connectivity index (χ1v) is 8.51. The summed E-state index contributed by atoms with van der Waals surface area (Å²) >= 11 is 0. The second kappa shape index (κ2) is 5.73. The van der Waals surface area contributed by atoms with Gasteiger partial charge in [0.2, 0.25) is 5.95 Å². The van der Waals surface area contributed by atoms with Crippen molar-refractivity contribution in [1.82, 2.24) is 34.9 Å². The number of ether oxygens (including phenoxy) is 1. The molecule has 4 aromatic rings. The van der Waals surface area contributed by atoms with Gasteiger partial charge < -0.3 is 15.0 Å². The van der Waals surface area contributed by atoms with Gasteiger partial charge in [0.05, 0.1) is 11.8 Å². The quantitative estimate of drug-likeness (QED) is 0.579. The Morgan fingerprint density at radius 1 is 1.27 bits per heavy atom. The van der Waals surface area contributed by atoms with Crippen molar-refractivity contribution in [2.24, 2.45) is 7.05 Å². The molecule has 1 fully saturated rings. The van der Waals surface area contributed by atoms with Crippen LogP contribution in [0.5, 0.6) is 0 Å². The van der Waals surface area contributed by atoms with Crippen LogP contribution in [0.25, 0.3) is 33.5 Å². The number of aromatic nitrogens is 7. The second-order valence-corrected chi connectivity index (χ2v) is 6.58. The van der Waals surface area contributed by atoms with E-state index in [1.165, 1.54) is 0 Å². The Balaban J connectivity index is 1.46. The highest BCUT2D eigenvalue weighted by molar-refractivity contribution is 5.93. The van der Waals surface area contributed by atoms with Gasteiger partial charge in [-0.15, -0.1) is 5.10 Å². The number of nitrogens with zero attached hydrogens (tertiary/aromatic N) is 6. The molecule has 26 heavy (non-hydrogen) atoms. The number of methoxy groups -OCH3 is 1. The zero-order chi connectivity index (χ0) is 17.7. The number of fused-ring (bicyclic) bond motifs is 2. The minimum atomic E-state index is 0.343. The summed E-state index contributed by atoms with van der Waals surface area (Å²) in [6.07, 6.45) is 6.05. The first kappa shape index (κ1) is 15.2. The predicted molar refractivity (Wildman–Crippen MR) is 96.6 cm³/mol. The molecule has 0 radical (unpaired) electrons. The highest BCUT2D eigenvalue weighted by Crippen LogP contribution is 2.29. The highest BCUT2D eigenvalue weighted by atomic mass is 16.5. The largest absolute Gasteiger partial charge is 0.381 e. The Labute approximate surface area is 148 Å². The molecule has 1 aliphatic carbocycles. The molecule has 0 unspecified atom stereocenters. The summed E-state index contributed by atoms with van der Waals surface area (Å²) in [6.45, 7) is 0. The van der Waals surface area contributed by atoms with E-state index in [1.54, 1.807) is 11.8 Å². The van der Waals surface area contributed by atoms with Gasteiger partial charge in [-0.1, -0.05) is 5.21 Å². The van der Waals surface area contributed by atoms with E-state index in [2.05, 4.69) is 35.6 Å². The van der Waals surface area contributed by atoms with Crippen molar-refractivity contribution >= 4 is 28.1 Å². The molecule has 9 nitrogen and oxygen atoms in total. The number of pyridine rings is 1. The molecule has 0 bridgehead atoms. The number of rotatable bonds is 4. The monoisotopic (exact) mass is 350 g/mol. The first-order chi connectivity index (χ1) is 12.7. The van der Waals surface area contributed by atoms with Crippen LogP contribution in [0.15, 0.2) is 24.5 Å². The van der Waals surface area contributed by atoms with Gasteiger partial charge in [0, 0.05) is 43.5 Å². The third-order valence-corrected chi connectivity index (χ3v) is 4.92. The smallest absolute Gasteiger partial charge is 0.224 e. The average Bonchev–Trinajstić information content (AvgIpc) is 3.21. The van der Waals surface area contributed by atoms with Crippen molar-refractivity contribution in [1.29, 1.82) is 0 Å². The van der Waals surface area contributed by atoms with Crippen LogP contribution in [0.4, 0.5) is 5.95 Å². The van der Waals surface area contributed by atoms with Crippen LogP contribution < -0.4 is 5.32 Å². The number of nitrogens with one attached hydrogen (secondary N) is 2. The third-order valence-electron chi connectivity index (χ3n) is 4.92. The summed E-state index contributed by atoms with van der Waals surface area (Å²) in [5, 5.41) is 12.4. The van der Waals surface area contributed by atoms with Crippen LogP contribution in [0.3, 0.4) is 0 Å². The summed E-state index contributed by atoms with van der Waals surface area (Å²) in [5.41, 5.74) is 4.09. The number of hydrogen-bond donors (Lipinski definition) is 2. The van der Waals surface area contributed by atoms with Gasteiger partial charge in [0.1, 0.15) is 11.2 Å². The molecule has 0 aliphatic heterocycles. The number of hydrogen-bond acceptors (Lipinski definition) is 7. The first-order valence-electron chi connectivity index (χ1n) is 8.51. The van der Waals surface area contributed by atoms with E-state index < -0.39 is 0 Å². The lowest BCUT2D eigenvalue weighted by Crippen LogP contribution is -2.40. The van der Waals surface area contributed by atoms with Crippen LogP contribution >= 0.6 is 0 Å². The topological polar surface area (TPSA) is 106 Å². The van der Waals surface area contributed by atoms with E-state index in [4.69, 9.17) is 4.74 Å². The molecule has 4 heterocycles. The number of H-pyrrole nitrogens is 1. The minimum absolute atomic E-state index is 0.343. The van der Waals surface area contributed by atoms with Crippen LogP contribution in [-0.4, -0.2) is 54.2 Å². The zero-order valence-electron chi connectivity index (χ0n) is 14.5. The van der Waals surface area contributed by atoms with Crippen molar-refractivity contribution in [3.63, 3.8) is 0 Å². The number of aromatic amines is 1. The Hall–Kier alpha value is -3.07. The van der Waals surface area contributed by atoms with E-state index in [1.807, 2.05) is 31.6 Å². The van der Waals surface area contributed by atoms with Gasteiger partial charge in [0.25, 0.3) is 0 Å². The molecule has 132 valence electrons. The van der Waals surface area contributed by atoms with Crippen molar-refractivity contribution in [3.8, 4) is 11.3 Å². The fourth-order valence-electron chi connectivity index (χ4n) is 3.31. The lowest BCUT2D eigenvalue weighted by atomic mass is 9.89. The van der Waals surface area contributed by atoms with Gasteiger partial charge in [0.15, 0.2) is 5.65 Å². The molecule has 0 aromatic carbocycles. The number of anilines is 1. The lowest BCUT2D eigenvalue weighted by Gasteiger charge is -2.34. The molecule has 9 heteroatoms. The van der Waals surface area contributed by atoms with Crippen molar-refractivity contribution < 1.29 is 4.74 Å². The highest BCUT2D eigenvalue weighted by Gasteiger charge is 2.29. The maximum Gasteiger partial charge on any atom is 0.224 e. The third kappa shape index (κ3) is 2.39.